The van der Waals surface area contributed by atoms with Gasteiger partial charge in [-0.05, 0) is 39.3 Å². The third kappa shape index (κ3) is 8.53. The van der Waals surface area contributed by atoms with Crippen LogP contribution in [0, 0.1) is 0 Å². The second-order valence-electron chi connectivity index (χ2n) is 4.91. The van der Waals surface area contributed by atoms with Crippen molar-refractivity contribution in [3.8, 4) is 0 Å². The molecule has 0 fully saturated rings. The monoisotopic (exact) mass is 236 g/mol. The maximum Gasteiger partial charge on any atom is 0.251 e. The molecule has 0 aromatic carbocycles. The van der Waals surface area contributed by atoms with Crippen molar-refractivity contribution in [2.75, 3.05) is 0 Å². The molecule has 0 saturated carbocycles. The fourth-order valence-electron chi connectivity index (χ4n) is 0.692. The summed E-state index contributed by atoms with van der Waals surface area (Å²) < 4.78 is 11.5. The molecular weight excluding hydrogens is 215 g/mol. The average Bonchev–Trinajstić information content (AvgIpc) is 1.79. The summed E-state index contributed by atoms with van der Waals surface area (Å²) in [6.07, 6.45) is 0. The van der Waals surface area contributed by atoms with E-state index in [1.807, 2.05) is 5.82 Å². The van der Waals surface area contributed by atoms with Crippen LogP contribution in [0.5, 0.6) is 0 Å². The van der Waals surface area contributed by atoms with E-state index < -0.39 is 16.6 Å². The van der Waals surface area contributed by atoms with Crippen LogP contribution in [0.25, 0.3) is 0 Å². The molecule has 1 atom stereocenters. The highest BCUT2D eigenvalue weighted by Crippen LogP contribution is 2.17. The van der Waals surface area contributed by atoms with Gasteiger partial charge in [0.05, 0.1) is 0 Å². The van der Waals surface area contributed by atoms with Crippen LogP contribution < -0.4 is 0 Å². The molecule has 1 unspecified atom stereocenters. The summed E-state index contributed by atoms with van der Waals surface area (Å²) in [6.45, 7) is 12.9. The SMILES string of the molecule is C[Si](C)(C)OC(=CP)O[Si](C)(C)C. The number of hydrogen-bond donors (Lipinski definition) is 0. The summed E-state index contributed by atoms with van der Waals surface area (Å²) in [5, 5.41) is 0. The molecule has 2 nitrogen and oxygen atoms in total. The second-order valence-corrected chi connectivity index (χ2v) is 14.1. The predicted octanol–water partition coefficient (Wildman–Crippen LogP) is 3.36. The van der Waals surface area contributed by atoms with Crippen molar-refractivity contribution < 1.29 is 8.85 Å². The van der Waals surface area contributed by atoms with E-state index in [9.17, 15) is 0 Å². The maximum atomic E-state index is 5.75. The fraction of sp³-hybridized carbons (Fsp3) is 0.750. The summed E-state index contributed by atoms with van der Waals surface area (Å²) in [5.41, 5.74) is 0. The first-order valence-electron chi connectivity index (χ1n) is 4.44. The minimum atomic E-state index is -1.53. The first kappa shape index (κ1) is 13.2. The molecule has 5 heteroatoms. The number of hydrogen-bond acceptors (Lipinski definition) is 2. The van der Waals surface area contributed by atoms with Gasteiger partial charge in [-0.15, -0.1) is 9.24 Å². The smallest absolute Gasteiger partial charge is 0.251 e. The van der Waals surface area contributed by atoms with E-state index in [0.29, 0.717) is 5.95 Å². The van der Waals surface area contributed by atoms with Crippen molar-refractivity contribution in [2.45, 2.75) is 39.3 Å². The van der Waals surface area contributed by atoms with Gasteiger partial charge in [0.2, 0.25) is 16.6 Å². The minimum absolute atomic E-state index is 0.684. The highest BCUT2D eigenvalue weighted by molar-refractivity contribution is 7.20. The Hall–Kier alpha value is 0.204. The Bertz CT molecular complexity index is 173. The van der Waals surface area contributed by atoms with E-state index in [0.717, 1.165) is 0 Å². The Morgan fingerprint density at radius 2 is 1.23 bits per heavy atom. The molecule has 78 valence electrons. The Balaban J connectivity index is 4.24. The van der Waals surface area contributed by atoms with Gasteiger partial charge in [-0.1, -0.05) is 0 Å². The van der Waals surface area contributed by atoms with Gasteiger partial charge in [0.1, 0.15) is 0 Å². The Labute approximate surface area is 86.2 Å². The van der Waals surface area contributed by atoms with Crippen molar-refractivity contribution in [3.05, 3.63) is 11.8 Å². The van der Waals surface area contributed by atoms with E-state index in [4.69, 9.17) is 8.85 Å². The van der Waals surface area contributed by atoms with Crippen molar-refractivity contribution in [2.24, 2.45) is 0 Å². The predicted molar refractivity (Wildman–Crippen MR) is 66.7 cm³/mol. The second kappa shape index (κ2) is 4.62. The van der Waals surface area contributed by atoms with Crippen LogP contribution in [0.3, 0.4) is 0 Å². The third-order valence-corrected chi connectivity index (χ3v) is 2.85. The molecule has 0 N–H and O–H groups in total. The lowest BCUT2D eigenvalue weighted by atomic mass is 11.1. The maximum absolute atomic E-state index is 5.75. The quantitative estimate of drug-likeness (QED) is 0.423. The molecule has 0 spiro atoms. The molecule has 0 heterocycles. The van der Waals surface area contributed by atoms with E-state index in [1.165, 1.54) is 0 Å². The van der Waals surface area contributed by atoms with Crippen LogP contribution in [-0.2, 0) is 8.85 Å². The molecule has 0 aromatic rings. The normalized spacial score (nSPS) is 12.2. The van der Waals surface area contributed by atoms with E-state index in [-0.39, 0.29) is 0 Å². The van der Waals surface area contributed by atoms with E-state index in [2.05, 4.69) is 48.5 Å². The van der Waals surface area contributed by atoms with Gasteiger partial charge in [0.25, 0.3) is 5.95 Å². The lowest BCUT2D eigenvalue weighted by Gasteiger charge is -2.27. The topological polar surface area (TPSA) is 18.5 Å². The highest BCUT2D eigenvalue weighted by Gasteiger charge is 2.23. The number of rotatable bonds is 4. The molecular formula is C8H21O2PSi2. The largest absolute Gasteiger partial charge is 0.521 e. The van der Waals surface area contributed by atoms with Crippen molar-refractivity contribution in [1.82, 2.24) is 0 Å². The van der Waals surface area contributed by atoms with Gasteiger partial charge >= 0.3 is 0 Å². The van der Waals surface area contributed by atoms with E-state index >= 15 is 0 Å². The summed E-state index contributed by atoms with van der Waals surface area (Å²) >= 11 is 0. The van der Waals surface area contributed by atoms with Crippen molar-refractivity contribution >= 4 is 25.9 Å². The Morgan fingerprint density at radius 1 is 0.923 bits per heavy atom. The van der Waals surface area contributed by atoms with Crippen LogP contribution >= 0.6 is 9.24 Å². The first-order valence-corrected chi connectivity index (χ1v) is 11.9. The fourth-order valence-corrected chi connectivity index (χ4v) is 2.61. The van der Waals surface area contributed by atoms with Crippen LogP contribution in [0.15, 0.2) is 11.8 Å². The van der Waals surface area contributed by atoms with Crippen LogP contribution in [0.1, 0.15) is 0 Å². The molecule has 0 aliphatic heterocycles. The molecule has 0 aromatic heterocycles. The lowest BCUT2D eigenvalue weighted by Crippen LogP contribution is -2.31. The van der Waals surface area contributed by atoms with Crippen molar-refractivity contribution in [3.63, 3.8) is 0 Å². The van der Waals surface area contributed by atoms with Crippen LogP contribution in [-0.4, -0.2) is 16.6 Å². The van der Waals surface area contributed by atoms with Gasteiger partial charge in [0.15, 0.2) is 0 Å². The third-order valence-electron chi connectivity index (χ3n) is 0.950. The first-order chi connectivity index (χ1) is 5.64. The summed E-state index contributed by atoms with van der Waals surface area (Å²) in [4.78, 5) is 0. The Morgan fingerprint density at radius 3 is 1.38 bits per heavy atom. The van der Waals surface area contributed by atoms with Crippen LogP contribution in [0.2, 0.25) is 39.3 Å². The summed E-state index contributed by atoms with van der Waals surface area (Å²) in [5.74, 6) is 2.51. The van der Waals surface area contributed by atoms with E-state index in [1.54, 1.807) is 0 Å². The van der Waals surface area contributed by atoms with Gasteiger partial charge in [0, 0.05) is 5.82 Å². The molecule has 0 aliphatic rings. The zero-order valence-corrected chi connectivity index (χ0v) is 12.6. The molecule has 0 amide bonds. The molecule has 13 heavy (non-hydrogen) atoms. The molecule has 0 bridgehead atoms. The van der Waals surface area contributed by atoms with Crippen molar-refractivity contribution in [1.29, 1.82) is 0 Å². The Kier molecular flexibility index (Phi) is 4.70. The average molecular weight is 236 g/mol. The van der Waals surface area contributed by atoms with Gasteiger partial charge in [-0.25, -0.2) is 0 Å². The standard InChI is InChI=1S/C8H21O2PSi2/c1-12(2,3)9-8(7-11)10-13(4,5)6/h7H,11H2,1-6H3. The van der Waals surface area contributed by atoms with Gasteiger partial charge < -0.3 is 8.85 Å². The summed E-state index contributed by atoms with van der Waals surface area (Å²) in [7, 11) is -0.519. The molecule has 0 aliphatic carbocycles. The summed E-state index contributed by atoms with van der Waals surface area (Å²) in [6, 6.07) is 0. The zero-order valence-electron chi connectivity index (χ0n) is 9.47. The molecule has 0 rings (SSSR count). The van der Waals surface area contributed by atoms with Gasteiger partial charge in [-0.3, -0.25) is 0 Å². The lowest BCUT2D eigenvalue weighted by molar-refractivity contribution is 0.218. The molecule has 0 saturated heterocycles. The van der Waals surface area contributed by atoms with Crippen LogP contribution in [0.4, 0.5) is 0 Å². The highest BCUT2D eigenvalue weighted by atomic mass is 31.0. The molecule has 0 radical (unpaired) electrons. The minimum Gasteiger partial charge on any atom is -0.521 e. The zero-order chi connectivity index (χ0) is 10.7. The van der Waals surface area contributed by atoms with Gasteiger partial charge in [-0.2, -0.15) is 0 Å².